The van der Waals surface area contributed by atoms with Crippen LogP contribution in [0.3, 0.4) is 0 Å². The van der Waals surface area contributed by atoms with Gasteiger partial charge in [-0.1, -0.05) is 0 Å². The zero-order chi connectivity index (χ0) is 15.8. The van der Waals surface area contributed by atoms with Crippen molar-refractivity contribution in [3.8, 4) is 0 Å². The predicted molar refractivity (Wildman–Crippen MR) is 95.1 cm³/mol. The highest BCUT2D eigenvalue weighted by molar-refractivity contribution is 7.09. The number of rotatable bonds is 7. The van der Waals surface area contributed by atoms with E-state index in [-0.39, 0.29) is 0 Å². The molecule has 5 nitrogen and oxygen atoms in total. The first-order valence-corrected chi connectivity index (χ1v) is 9.27. The van der Waals surface area contributed by atoms with Crippen molar-refractivity contribution in [3.63, 3.8) is 0 Å². The minimum atomic E-state index is 0.744. The molecule has 2 N–H and O–H groups in total. The van der Waals surface area contributed by atoms with Crippen LogP contribution in [0.15, 0.2) is 15.8 Å². The topological polar surface area (TPSA) is 62.2 Å². The average molecular weight is 338 g/mol. The van der Waals surface area contributed by atoms with E-state index in [1.165, 1.54) is 0 Å². The molecule has 0 amide bonds. The number of hydrogen-bond donors (Lipinski definition) is 2. The van der Waals surface area contributed by atoms with Gasteiger partial charge >= 0.3 is 0 Å². The van der Waals surface area contributed by atoms with E-state index in [1.54, 1.807) is 22.7 Å². The van der Waals surface area contributed by atoms with Crippen molar-refractivity contribution in [3.05, 3.63) is 32.2 Å². The Morgan fingerprint density at radius 2 is 1.68 bits per heavy atom. The summed E-state index contributed by atoms with van der Waals surface area (Å²) in [6, 6.07) is 0. The Morgan fingerprint density at radius 3 is 2.23 bits per heavy atom. The van der Waals surface area contributed by atoms with Gasteiger partial charge in [-0.15, -0.1) is 22.7 Å². The van der Waals surface area contributed by atoms with Crippen LogP contribution in [0.2, 0.25) is 0 Å². The maximum absolute atomic E-state index is 4.60. The highest BCUT2D eigenvalue weighted by Crippen LogP contribution is 2.08. The normalized spacial score (nSPS) is 11.7. The third-order valence-electron chi connectivity index (χ3n) is 2.99. The molecule has 2 aromatic rings. The molecule has 2 heterocycles. The molecule has 0 saturated heterocycles. The Labute approximate surface area is 139 Å². The summed E-state index contributed by atoms with van der Waals surface area (Å²) in [5.41, 5.74) is 2.27. The lowest BCUT2D eigenvalue weighted by molar-refractivity contribution is 0.786. The molecule has 0 aliphatic heterocycles. The number of aromatic nitrogens is 2. The van der Waals surface area contributed by atoms with Crippen LogP contribution in [0.1, 0.15) is 28.3 Å². The van der Waals surface area contributed by atoms with E-state index in [0.29, 0.717) is 0 Å². The largest absolute Gasteiger partial charge is 0.357 e. The van der Waals surface area contributed by atoms with Crippen LogP contribution in [0.25, 0.3) is 0 Å². The zero-order valence-electron chi connectivity index (χ0n) is 13.3. The average Bonchev–Trinajstić information content (AvgIpc) is 3.08. The molecule has 0 bridgehead atoms. The molecule has 0 aliphatic rings. The van der Waals surface area contributed by atoms with E-state index < -0.39 is 0 Å². The maximum Gasteiger partial charge on any atom is 0.191 e. The van der Waals surface area contributed by atoms with Crippen molar-refractivity contribution in [1.29, 1.82) is 0 Å². The number of guanidine groups is 1. The third kappa shape index (κ3) is 5.73. The molecule has 0 radical (unpaired) electrons. The van der Waals surface area contributed by atoms with Gasteiger partial charge < -0.3 is 10.6 Å². The minimum Gasteiger partial charge on any atom is -0.357 e. The standard InChI is InChI=1S/C15H23N5S2/c1-4-16-15(17-7-5-13-9-21-11(2)19-13)18-8-6-14-10-22-12(3)20-14/h9-10H,4-8H2,1-3H3,(H2,16,17,18). The minimum absolute atomic E-state index is 0.744. The Balaban J connectivity index is 1.76. The molecule has 22 heavy (non-hydrogen) atoms. The highest BCUT2D eigenvalue weighted by Gasteiger charge is 2.01. The van der Waals surface area contributed by atoms with E-state index in [9.17, 15) is 0 Å². The van der Waals surface area contributed by atoms with Crippen LogP contribution in [0, 0.1) is 13.8 Å². The van der Waals surface area contributed by atoms with Gasteiger partial charge in [-0.2, -0.15) is 0 Å². The molecule has 7 heteroatoms. The maximum atomic E-state index is 4.60. The van der Waals surface area contributed by atoms with E-state index in [2.05, 4.69) is 43.3 Å². The van der Waals surface area contributed by atoms with Gasteiger partial charge in [0.05, 0.1) is 21.4 Å². The smallest absolute Gasteiger partial charge is 0.191 e. The summed E-state index contributed by atoms with van der Waals surface area (Å²) in [7, 11) is 0. The van der Waals surface area contributed by atoms with Gasteiger partial charge in [-0.3, -0.25) is 4.99 Å². The molecule has 0 spiro atoms. The first kappa shape index (κ1) is 16.9. The number of aliphatic imine (C=N–C) groups is 1. The molecule has 2 rings (SSSR count). The summed E-state index contributed by atoms with van der Waals surface area (Å²) < 4.78 is 0. The summed E-state index contributed by atoms with van der Waals surface area (Å²) in [5, 5.41) is 13.1. The van der Waals surface area contributed by atoms with Crippen molar-refractivity contribution >= 4 is 28.6 Å². The molecular weight excluding hydrogens is 314 g/mol. The molecule has 0 aromatic carbocycles. The number of hydrogen-bond acceptors (Lipinski definition) is 5. The third-order valence-corrected chi connectivity index (χ3v) is 4.63. The van der Waals surface area contributed by atoms with Crippen molar-refractivity contribution in [2.24, 2.45) is 4.99 Å². The predicted octanol–water partition coefficient (Wildman–Crippen LogP) is 2.56. The summed E-state index contributed by atoms with van der Waals surface area (Å²) in [4.78, 5) is 13.5. The summed E-state index contributed by atoms with van der Waals surface area (Å²) in [6.07, 6.45) is 1.80. The van der Waals surface area contributed by atoms with Crippen LogP contribution in [0.4, 0.5) is 0 Å². The van der Waals surface area contributed by atoms with Gasteiger partial charge in [0.2, 0.25) is 0 Å². The Hall–Kier alpha value is -1.47. The summed E-state index contributed by atoms with van der Waals surface area (Å²) >= 11 is 3.39. The fourth-order valence-corrected chi connectivity index (χ4v) is 3.27. The lowest BCUT2D eigenvalue weighted by atomic mass is 10.3. The monoisotopic (exact) mass is 337 g/mol. The zero-order valence-corrected chi connectivity index (χ0v) is 15.0. The number of nitrogens with one attached hydrogen (secondary N) is 2. The number of thiazole rings is 2. The Bertz CT molecular complexity index is 603. The van der Waals surface area contributed by atoms with Crippen LogP contribution >= 0.6 is 22.7 Å². The fourth-order valence-electron chi connectivity index (χ4n) is 1.98. The van der Waals surface area contributed by atoms with Crippen molar-refractivity contribution in [1.82, 2.24) is 20.6 Å². The fraction of sp³-hybridized carbons (Fsp3) is 0.533. The second kappa shape index (κ2) is 8.85. The van der Waals surface area contributed by atoms with Crippen molar-refractivity contribution in [2.45, 2.75) is 33.6 Å². The second-order valence-corrected chi connectivity index (χ2v) is 7.03. The molecule has 0 saturated carbocycles. The Morgan fingerprint density at radius 1 is 1.05 bits per heavy atom. The SMILES string of the molecule is CCNC(=NCCc1csc(C)n1)NCCc1csc(C)n1. The van der Waals surface area contributed by atoms with Crippen molar-refractivity contribution in [2.75, 3.05) is 19.6 Å². The van der Waals surface area contributed by atoms with E-state index in [4.69, 9.17) is 0 Å². The van der Waals surface area contributed by atoms with E-state index in [1.807, 2.05) is 13.8 Å². The highest BCUT2D eigenvalue weighted by atomic mass is 32.1. The van der Waals surface area contributed by atoms with Crippen LogP contribution < -0.4 is 10.6 Å². The first-order chi connectivity index (χ1) is 10.7. The number of aryl methyl sites for hydroxylation is 2. The molecule has 0 fully saturated rings. The van der Waals surface area contributed by atoms with Gasteiger partial charge in [-0.25, -0.2) is 9.97 Å². The summed E-state index contributed by atoms with van der Waals surface area (Å²) in [5.74, 6) is 0.862. The van der Waals surface area contributed by atoms with Gasteiger partial charge in [0.1, 0.15) is 0 Å². The van der Waals surface area contributed by atoms with Crippen molar-refractivity contribution < 1.29 is 0 Å². The molecular formula is C15H23N5S2. The van der Waals surface area contributed by atoms with Crippen LogP contribution in [0.5, 0.6) is 0 Å². The quantitative estimate of drug-likeness (QED) is 0.602. The van der Waals surface area contributed by atoms with E-state index in [0.717, 1.165) is 59.8 Å². The van der Waals surface area contributed by atoms with Gasteiger partial charge in [0, 0.05) is 43.2 Å². The molecule has 2 aromatic heterocycles. The van der Waals surface area contributed by atoms with Gasteiger partial charge in [0.15, 0.2) is 5.96 Å². The van der Waals surface area contributed by atoms with Gasteiger partial charge in [-0.05, 0) is 20.8 Å². The first-order valence-electron chi connectivity index (χ1n) is 7.51. The van der Waals surface area contributed by atoms with Gasteiger partial charge in [0.25, 0.3) is 0 Å². The molecule has 0 atom stereocenters. The van der Waals surface area contributed by atoms with Crippen LogP contribution in [-0.2, 0) is 12.8 Å². The molecule has 120 valence electrons. The lowest BCUT2D eigenvalue weighted by Gasteiger charge is -2.10. The number of nitrogens with zero attached hydrogens (tertiary/aromatic N) is 3. The van der Waals surface area contributed by atoms with E-state index >= 15 is 0 Å². The van der Waals surface area contributed by atoms with Crippen LogP contribution in [-0.4, -0.2) is 35.6 Å². The molecule has 0 aliphatic carbocycles. The Kier molecular flexibility index (Phi) is 6.79. The summed E-state index contributed by atoms with van der Waals surface area (Å²) in [6.45, 7) is 8.58. The molecule has 0 unspecified atom stereocenters. The second-order valence-electron chi connectivity index (χ2n) is 4.90. The lowest BCUT2D eigenvalue weighted by Crippen LogP contribution is -2.38.